The Kier molecular flexibility index (Phi) is 54.2. The molecule has 2 heterocycles. The van der Waals surface area contributed by atoms with Crippen molar-refractivity contribution in [2.75, 3.05) is 124 Å². The molecule has 0 unspecified atom stereocenters. The number of aryl methyl sites for hydroxylation is 1. The average molecular weight is 2090 g/mol. The number of nitrogens with one attached hydrogen (secondary N) is 17. The zero-order valence-electron chi connectivity index (χ0n) is 83.6. The number of primary amides is 1. The van der Waals surface area contributed by atoms with Crippen LogP contribution in [-0.2, 0) is 111 Å². The number of halogens is 1. The van der Waals surface area contributed by atoms with Gasteiger partial charge in [-0.3, -0.25) is 111 Å². The minimum absolute atomic E-state index is 0.00149. The van der Waals surface area contributed by atoms with Gasteiger partial charge in [-0.25, -0.2) is 0 Å². The van der Waals surface area contributed by atoms with Crippen LogP contribution in [-0.4, -0.2) is 356 Å². The van der Waals surface area contributed by atoms with Crippen LogP contribution in [0.2, 0.25) is 5.02 Å². The number of nitrogens with zero attached hydrogens (tertiary/aromatic N) is 4. The van der Waals surface area contributed by atoms with E-state index >= 15 is 19.2 Å². The number of carbonyl (C=O) groups is 17. The van der Waals surface area contributed by atoms with E-state index in [1.165, 1.54) is 50.8 Å². The number of carbonyl (C=O) groups excluding carboxylic acids is 14. The lowest BCUT2D eigenvalue weighted by Gasteiger charge is -2.33. The molecule has 49 heteroatoms. The molecule has 4 aromatic carbocycles. The Labute approximate surface area is 855 Å². The van der Waals surface area contributed by atoms with Crippen LogP contribution in [0.4, 0.5) is 0 Å². The van der Waals surface area contributed by atoms with E-state index in [4.69, 9.17) is 28.5 Å². The summed E-state index contributed by atoms with van der Waals surface area (Å²) in [6, 6.07) is 10.1. The Morgan fingerprint density at radius 1 is 0.459 bits per heavy atom. The Bertz CT molecular complexity index is 5080. The fourth-order valence-electron chi connectivity index (χ4n) is 16.2. The summed E-state index contributed by atoms with van der Waals surface area (Å²) in [4.78, 5) is 244. The quantitative estimate of drug-likeness (QED) is 0.00966. The fourth-order valence-corrected chi connectivity index (χ4v) is 17.0. The van der Waals surface area contributed by atoms with Crippen LogP contribution in [0.5, 0.6) is 5.75 Å². The third kappa shape index (κ3) is 49.8. The molecule has 0 spiro atoms. The zero-order chi connectivity index (χ0) is 107. The molecule has 2 saturated heterocycles. The first-order valence-electron chi connectivity index (χ1n) is 49.5. The van der Waals surface area contributed by atoms with Crippen LogP contribution in [0.15, 0.2) is 91.0 Å². The number of phenolic OH excluding ortho intramolecular Hbond substituents is 1. The van der Waals surface area contributed by atoms with Gasteiger partial charge in [0.05, 0.1) is 32.7 Å². The molecule has 47 nitrogen and oxygen atoms in total. The van der Waals surface area contributed by atoms with Crippen LogP contribution in [0.3, 0.4) is 0 Å². The average Bonchev–Trinajstić information content (AvgIpc) is 0.907. The highest BCUT2D eigenvalue weighted by Gasteiger charge is 2.38. The number of aromatic hydroxyl groups is 1. The van der Waals surface area contributed by atoms with Crippen molar-refractivity contribution in [3.05, 3.63) is 113 Å². The van der Waals surface area contributed by atoms with Gasteiger partial charge in [0.1, 0.15) is 71.9 Å². The van der Waals surface area contributed by atoms with E-state index in [1.807, 2.05) is 58.0 Å². The van der Waals surface area contributed by atoms with Gasteiger partial charge in [-0.2, -0.15) is 8.42 Å². The summed E-state index contributed by atoms with van der Waals surface area (Å²) in [7, 11) is -5.01. The van der Waals surface area contributed by atoms with Crippen molar-refractivity contribution in [1.29, 1.82) is 5.41 Å². The second kappa shape index (κ2) is 64.9. The number of hydrogen-bond acceptors (Lipinski definition) is 27. The van der Waals surface area contributed by atoms with Crippen LogP contribution >= 0.6 is 11.6 Å². The summed E-state index contributed by atoms with van der Waals surface area (Å²) >= 11 is 6.06. The maximum Gasteiger partial charge on any atom is 0.317 e. The maximum absolute atomic E-state index is 15.4. The molecule has 2 aliphatic heterocycles. The van der Waals surface area contributed by atoms with Crippen molar-refractivity contribution in [3.8, 4) is 5.75 Å². The van der Waals surface area contributed by atoms with Crippen LogP contribution in [0.1, 0.15) is 167 Å². The van der Waals surface area contributed by atoms with E-state index < -0.39 is 228 Å². The van der Waals surface area contributed by atoms with Gasteiger partial charge in [-0.1, -0.05) is 106 Å². The monoisotopic (exact) mass is 2090 g/mol. The molecule has 6 rings (SSSR count). The van der Waals surface area contributed by atoms with Gasteiger partial charge in [0.25, 0.3) is 10.1 Å². The molecule has 2 fully saturated rings. The Morgan fingerprint density at radius 2 is 0.897 bits per heavy atom. The molecule has 0 radical (unpaired) electrons. The SMILES string of the molecule is CC(C)NCCCC[C@H](NC(=O)[C@H]1CCC(=O)N[C@@H](CCCCNC(=O)[C@H](CCCCNC(=O)[C@H](CS(=O)(=O)O)NC(=O)CN2CCN(CC(=O)O)CCN(CC(=O)O)CCN(CC(=O)O)CC2)NC(=O)CNC(=O)CCCc2ccc(Cl)cc2)C(=O)N[C@@H](Cc2ccc(O)cc2)C(=O)N[C@@H](CCCCNC(C)C)C(=O)N[C@H](CCCNC(=N)N)C(=O)N[C@@H](Cc2ccc3ccccc3c2)C(=O)N[C@H](C)C(=O)N1)C(N)=O. The molecule has 808 valence electrons. The first kappa shape index (κ1) is 122. The fraction of sp³-hybridized carbons (Fsp3) is 0.588. The predicted molar refractivity (Wildman–Crippen MR) is 542 cm³/mol. The molecule has 146 heavy (non-hydrogen) atoms. The van der Waals surface area contributed by atoms with Crippen molar-refractivity contribution in [3.63, 3.8) is 0 Å². The molecule has 2 aliphatic rings. The van der Waals surface area contributed by atoms with Gasteiger partial charge in [0.15, 0.2) is 5.96 Å². The van der Waals surface area contributed by atoms with Crippen molar-refractivity contribution < 1.29 is 115 Å². The second-order valence-electron chi connectivity index (χ2n) is 37.2. The van der Waals surface area contributed by atoms with E-state index in [0.717, 1.165) is 16.3 Å². The lowest BCUT2D eigenvalue weighted by Crippen LogP contribution is -2.60. The Balaban J connectivity index is 1.31. The lowest BCUT2D eigenvalue weighted by molar-refractivity contribution is -0.140. The maximum atomic E-state index is 15.4. The summed E-state index contributed by atoms with van der Waals surface area (Å²) < 4.78 is 34.9. The van der Waals surface area contributed by atoms with Crippen LogP contribution in [0.25, 0.3) is 10.8 Å². The minimum atomic E-state index is -5.01. The number of carboxylic acid groups (broad SMARTS) is 3. The first-order chi connectivity index (χ1) is 69.3. The van der Waals surface area contributed by atoms with E-state index in [9.17, 15) is 95.7 Å². The molecule has 26 N–H and O–H groups in total. The van der Waals surface area contributed by atoms with Gasteiger partial charge in [-0.15, -0.1) is 0 Å². The molecule has 0 aromatic heterocycles. The Morgan fingerprint density at radius 3 is 1.42 bits per heavy atom. The highest BCUT2D eigenvalue weighted by atomic mass is 35.5. The molecular weight excluding hydrogens is 1940 g/mol. The number of benzene rings is 4. The summed E-state index contributed by atoms with van der Waals surface area (Å²) in [5.41, 5.74) is 13.4. The number of fused-ring (bicyclic) bond motifs is 1. The third-order valence-corrected chi connectivity index (χ3v) is 25.2. The summed E-state index contributed by atoms with van der Waals surface area (Å²) in [5, 5.41) is 93.2. The zero-order valence-corrected chi connectivity index (χ0v) is 85.2. The molecule has 14 amide bonds. The number of nitrogens with two attached hydrogens (primary N) is 2. The van der Waals surface area contributed by atoms with E-state index in [0.29, 0.717) is 67.8 Å². The predicted octanol–water partition coefficient (Wildman–Crippen LogP) is -2.19. The van der Waals surface area contributed by atoms with Gasteiger partial charge < -0.3 is 117 Å². The third-order valence-electron chi connectivity index (χ3n) is 24.2. The number of unbranched alkanes of at least 4 members (excludes halogenated alkanes) is 4. The van der Waals surface area contributed by atoms with Gasteiger partial charge in [0, 0.05) is 115 Å². The number of guanidine groups is 1. The van der Waals surface area contributed by atoms with Crippen molar-refractivity contribution in [2.24, 2.45) is 11.5 Å². The van der Waals surface area contributed by atoms with E-state index in [2.05, 4.69) is 85.1 Å². The van der Waals surface area contributed by atoms with Gasteiger partial charge >= 0.3 is 17.9 Å². The molecule has 0 bridgehead atoms. The topological polar surface area (TPSA) is 707 Å². The summed E-state index contributed by atoms with van der Waals surface area (Å²) in [5.74, 6) is -18.0. The number of phenols is 1. The van der Waals surface area contributed by atoms with E-state index in [1.54, 1.807) is 36.4 Å². The molecule has 0 saturated carbocycles. The van der Waals surface area contributed by atoms with Crippen molar-refractivity contribution in [2.45, 2.75) is 242 Å². The molecular formula is C97H148ClN23O24S. The summed E-state index contributed by atoms with van der Waals surface area (Å²) in [6.45, 7) is 7.38. The smallest absolute Gasteiger partial charge is 0.317 e. The molecule has 10 atom stereocenters. The van der Waals surface area contributed by atoms with Crippen molar-refractivity contribution in [1.82, 2.24) is 105 Å². The van der Waals surface area contributed by atoms with Gasteiger partial charge in [0.2, 0.25) is 82.7 Å². The standard InChI is InChI=1S/C97H148ClN23O24S/c1-61(2)102-39-12-8-21-71(87(99)133)112-94(140)76-37-38-81(124)109-73(91(137)116-77(53-65-30-35-70(122)36-31-65)96(142)115-74(24-9-13-40-103-62(3)4)92(138)114-75(25-17-43-106-97(100)101)93(139)117-78(95(141)108-63(5)88(134)113-76)54-66-27-32-67-19-6-7-20-68(67)52-66)23-11-15-41-104-89(135)72(110-82(125)55-107-80(123)26-16-18-64-28-33-69(98)34-29-64)22-10-14-42-105-90(136)79(60-146(143,144)145)111-83(126)56-118-44-46-119(57-84(127)128)48-50-121(59-86(131)132)51-49-120(47-45-118)58-85(129)130/h6-7,19-20,27-36,52,61-63,71-79,102-103,122H,8-18,21-26,37-51,53-60H2,1-5H3,(H2,99,133)(H,104,135)(H,105,136)(H,107,123)(H,108,141)(H,109,124)(H,110,125)(H,111,126)(H,112,140)(H,113,134)(H,114,138)(H,115,142)(H,116,137)(H,117,139)(H,127,128)(H,129,130)(H,131,132)(H4,100,101,106)(H,143,144,145)/t63-,71+,72+,73+,74+,75-,76-,77+,78+,79+/m1/s1. The Hall–Kier alpha value is -12.8. The number of aliphatic carboxylic acids is 3. The molecule has 4 aromatic rings. The number of amides is 14. The number of rotatable bonds is 53. The first-order valence-corrected chi connectivity index (χ1v) is 51.5. The largest absolute Gasteiger partial charge is 0.508 e. The normalized spacial score (nSPS) is 19.2. The minimum Gasteiger partial charge on any atom is -0.508 e. The van der Waals surface area contributed by atoms with E-state index in [-0.39, 0.29) is 173 Å². The van der Waals surface area contributed by atoms with Crippen LogP contribution < -0.4 is 96.5 Å². The second-order valence-corrected chi connectivity index (χ2v) is 39.1. The highest BCUT2D eigenvalue weighted by Crippen LogP contribution is 2.21. The van der Waals surface area contributed by atoms with Crippen LogP contribution in [0, 0.1) is 5.41 Å². The lowest BCUT2D eigenvalue weighted by atomic mass is 10.00. The van der Waals surface area contributed by atoms with Gasteiger partial charge in [-0.05, 0) is 181 Å². The highest BCUT2D eigenvalue weighted by molar-refractivity contribution is 7.85. The number of hydrogen-bond donors (Lipinski definition) is 24. The summed E-state index contributed by atoms with van der Waals surface area (Å²) in [6.07, 6.45) is 0.358. The molecule has 0 aliphatic carbocycles. The number of carboxylic acids is 3. The van der Waals surface area contributed by atoms with Crippen molar-refractivity contribution >= 4 is 139 Å².